The molecule has 1 unspecified atom stereocenters. The zero-order chi connectivity index (χ0) is 18.8. The van der Waals surface area contributed by atoms with Crippen molar-refractivity contribution in [3.8, 4) is 5.75 Å². The van der Waals surface area contributed by atoms with E-state index in [1.165, 1.54) is 0 Å². The Morgan fingerprint density at radius 1 is 1.11 bits per heavy atom. The van der Waals surface area contributed by atoms with Gasteiger partial charge in [-0.3, -0.25) is 9.78 Å². The van der Waals surface area contributed by atoms with Crippen molar-refractivity contribution in [1.29, 1.82) is 0 Å². The molecule has 1 aromatic carbocycles. The molecular weight excluding hydrogens is 344 g/mol. The predicted molar refractivity (Wildman–Crippen MR) is 99.4 cm³/mol. The number of carbonyl (C=O) groups excluding carboxylic acids is 2. The Bertz CT molecular complexity index is 825. The fraction of sp³-hybridized carbons (Fsp3) is 0.350. The van der Waals surface area contributed by atoms with Crippen molar-refractivity contribution in [2.75, 3.05) is 33.3 Å². The van der Waals surface area contributed by atoms with E-state index in [0.717, 1.165) is 11.3 Å². The molecule has 2 aromatic rings. The summed E-state index contributed by atoms with van der Waals surface area (Å²) in [6.07, 6.45) is 3.25. The van der Waals surface area contributed by atoms with Crippen molar-refractivity contribution in [3.63, 3.8) is 0 Å². The first-order valence-corrected chi connectivity index (χ1v) is 9.03. The zero-order valence-corrected chi connectivity index (χ0v) is 15.2. The molecule has 0 aliphatic carbocycles. The monoisotopic (exact) mass is 366 g/mol. The van der Waals surface area contributed by atoms with Crippen LogP contribution >= 0.6 is 0 Å². The molecule has 0 bridgehead atoms. The quantitative estimate of drug-likeness (QED) is 0.828. The van der Waals surface area contributed by atoms with Crippen LogP contribution in [0.25, 0.3) is 0 Å². The topological polar surface area (TPSA) is 66.0 Å². The van der Waals surface area contributed by atoms with Crippen LogP contribution in [0.3, 0.4) is 0 Å². The van der Waals surface area contributed by atoms with Gasteiger partial charge in [0.05, 0.1) is 13.2 Å². The molecule has 2 fully saturated rings. The number of carbonyl (C=O) groups is 2. The molecule has 2 aliphatic rings. The summed E-state index contributed by atoms with van der Waals surface area (Å²) in [4.78, 5) is 34.9. The molecule has 7 heteroatoms. The lowest BCUT2D eigenvalue weighted by atomic mass is 10.1. The highest BCUT2D eigenvalue weighted by Crippen LogP contribution is 2.24. The number of fused-ring (bicyclic) bond motifs is 1. The van der Waals surface area contributed by atoms with Crippen LogP contribution in [0.4, 0.5) is 4.79 Å². The number of nitrogens with zero attached hydrogens (tertiary/aromatic N) is 4. The number of hydrogen-bond acceptors (Lipinski definition) is 4. The predicted octanol–water partition coefficient (Wildman–Crippen LogP) is 1.85. The molecule has 0 spiro atoms. The fourth-order valence-electron chi connectivity index (χ4n) is 3.72. The van der Waals surface area contributed by atoms with Crippen LogP contribution in [0.2, 0.25) is 0 Å². The van der Waals surface area contributed by atoms with Gasteiger partial charge >= 0.3 is 6.03 Å². The molecule has 3 heterocycles. The standard InChI is InChI=1S/C20H22N4O3/c1-27-18-4-2-15(3-5-18)12-23-14-17-13-22(10-11-24(17)20(23)26)19(25)16-6-8-21-9-7-16/h2-9,17H,10-14H2,1H3. The SMILES string of the molecule is COc1ccc(CN2CC3CN(C(=O)c4ccncc4)CCN3C2=O)cc1. The molecule has 1 atom stereocenters. The van der Waals surface area contributed by atoms with Gasteiger partial charge in [-0.15, -0.1) is 0 Å². The second-order valence-corrected chi connectivity index (χ2v) is 6.85. The van der Waals surface area contributed by atoms with Gasteiger partial charge in [0, 0.05) is 50.7 Å². The van der Waals surface area contributed by atoms with Crippen LogP contribution in [0, 0.1) is 0 Å². The van der Waals surface area contributed by atoms with E-state index in [-0.39, 0.29) is 18.0 Å². The van der Waals surface area contributed by atoms with Crippen LogP contribution in [-0.4, -0.2) is 71.0 Å². The third-order valence-electron chi connectivity index (χ3n) is 5.18. The van der Waals surface area contributed by atoms with E-state index >= 15 is 0 Å². The van der Waals surface area contributed by atoms with Gasteiger partial charge < -0.3 is 19.4 Å². The van der Waals surface area contributed by atoms with E-state index in [0.29, 0.717) is 38.3 Å². The summed E-state index contributed by atoms with van der Waals surface area (Å²) in [5, 5.41) is 0. The molecule has 0 radical (unpaired) electrons. The number of hydrogen-bond donors (Lipinski definition) is 0. The van der Waals surface area contributed by atoms with Gasteiger partial charge in [-0.1, -0.05) is 12.1 Å². The van der Waals surface area contributed by atoms with Crippen LogP contribution in [-0.2, 0) is 6.54 Å². The minimum absolute atomic E-state index is 0.00176. The summed E-state index contributed by atoms with van der Waals surface area (Å²) < 4.78 is 5.18. The lowest BCUT2D eigenvalue weighted by Crippen LogP contribution is -2.53. The van der Waals surface area contributed by atoms with E-state index in [9.17, 15) is 9.59 Å². The zero-order valence-electron chi connectivity index (χ0n) is 15.2. The van der Waals surface area contributed by atoms with Crippen LogP contribution in [0.15, 0.2) is 48.8 Å². The van der Waals surface area contributed by atoms with E-state index in [1.807, 2.05) is 39.0 Å². The van der Waals surface area contributed by atoms with Crippen LogP contribution in [0.1, 0.15) is 15.9 Å². The average molecular weight is 366 g/mol. The number of methoxy groups -OCH3 is 1. The van der Waals surface area contributed by atoms with E-state index < -0.39 is 0 Å². The first-order chi connectivity index (χ1) is 13.2. The number of amides is 3. The van der Waals surface area contributed by atoms with Gasteiger partial charge in [-0.25, -0.2) is 4.79 Å². The first-order valence-electron chi connectivity index (χ1n) is 9.03. The normalized spacial score (nSPS) is 19.2. The van der Waals surface area contributed by atoms with Crippen LogP contribution in [0.5, 0.6) is 5.75 Å². The van der Waals surface area contributed by atoms with Gasteiger partial charge in [-0.05, 0) is 29.8 Å². The Morgan fingerprint density at radius 2 is 1.85 bits per heavy atom. The molecule has 7 nitrogen and oxygen atoms in total. The van der Waals surface area contributed by atoms with Gasteiger partial charge in [0.25, 0.3) is 5.91 Å². The smallest absolute Gasteiger partial charge is 0.320 e. The third-order valence-corrected chi connectivity index (χ3v) is 5.18. The highest BCUT2D eigenvalue weighted by molar-refractivity contribution is 5.94. The number of ether oxygens (including phenoxy) is 1. The van der Waals surface area contributed by atoms with Crippen molar-refractivity contribution < 1.29 is 14.3 Å². The van der Waals surface area contributed by atoms with Crippen LogP contribution < -0.4 is 4.74 Å². The second kappa shape index (κ2) is 7.26. The maximum atomic E-state index is 12.7. The summed E-state index contributed by atoms with van der Waals surface area (Å²) in [6, 6.07) is 11.3. The Balaban J connectivity index is 1.41. The minimum Gasteiger partial charge on any atom is -0.497 e. The Hall–Kier alpha value is -3.09. The number of rotatable bonds is 4. The van der Waals surface area contributed by atoms with Crippen molar-refractivity contribution in [1.82, 2.24) is 19.7 Å². The van der Waals surface area contributed by atoms with Gasteiger partial charge in [0.15, 0.2) is 0 Å². The number of pyridine rings is 1. The maximum Gasteiger partial charge on any atom is 0.320 e. The van der Waals surface area contributed by atoms with E-state index in [2.05, 4.69) is 4.98 Å². The van der Waals surface area contributed by atoms with Crippen molar-refractivity contribution in [3.05, 3.63) is 59.9 Å². The minimum atomic E-state index is -0.00176. The molecule has 3 amide bonds. The number of aromatic nitrogens is 1. The number of benzene rings is 1. The first kappa shape index (κ1) is 17.3. The summed E-state index contributed by atoms with van der Waals surface area (Å²) >= 11 is 0. The van der Waals surface area contributed by atoms with Gasteiger partial charge in [0.1, 0.15) is 5.75 Å². The molecule has 27 heavy (non-hydrogen) atoms. The van der Waals surface area contributed by atoms with Crippen molar-refractivity contribution >= 4 is 11.9 Å². The summed E-state index contributed by atoms with van der Waals surface area (Å²) in [5.74, 6) is 0.798. The average Bonchev–Trinajstić information content (AvgIpc) is 3.03. The molecular formula is C20H22N4O3. The third kappa shape index (κ3) is 3.45. The summed E-state index contributed by atoms with van der Waals surface area (Å²) in [6.45, 7) is 2.88. The fourth-order valence-corrected chi connectivity index (χ4v) is 3.72. The molecule has 1 aromatic heterocycles. The van der Waals surface area contributed by atoms with E-state index in [1.54, 1.807) is 31.6 Å². The van der Waals surface area contributed by atoms with Gasteiger partial charge in [0.2, 0.25) is 0 Å². The van der Waals surface area contributed by atoms with Crippen molar-refractivity contribution in [2.24, 2.45) is 0 Å². The molecule has 2 saturated heterocycles. The molecule has 0 saturated carbocycles. The van der Waals surface area contributed by atoms with E-state index in [4.69, 9.17) is 4.74 Å². The molecule has 140 valence electrons. The Morgan fingerprint density at radius 3 is 2.56 bits per heavy atom. The van der Waals surface area contributed by atoms with Crippen molar-refractivity contribution in [2.45, 2.75) is 12.6 Å². The lowest BCUT2D eigenvalue weighted by Gasteiger charge is -2.36. The number of piperazine rings is 1. The molecule has 4 rings (SSSR count). The Labute approximate surface area is 158 Å². The lowest BCUT2D eigenvalue weighted by molar-refractivity contribution is 0.0617. The Kier molecular flexibility index (Phi) is 4.66. The number of urea groups is 1. The summed E-state index contributed by atoms with van der Waals surface area (Å²) in [7, 11) is 1.63. The highest BCUT2D eigenvalue weighted by Gasteiger charge is 2.41. The van der Waals surface area contributed by atoms with Gasteiger partial charge in [-0.2, -0.15) is 0 Å². The largest absolute Gasteiger partial charge is 0.497 e. The highest BCUT2D eigenvalue weighted by atomic mass is 16.5. The summed E-state index contributed by atoms with van der Waals surface area (Å²) in [5.41, 5.74) is 1.70. The molecule has 2 aliphatic heterocycles. The molecule has 0 N–H and O–H groups in total. The second-order valence-electron chi connectivity index (χ2n) is 6.85. The maximum absolute atomic E-state index is 12.7.